The molecular formula is C27H29ClN4O. The minimum absolute atomic E-state index is 0. The van der Waals surface area contributed by atoms with Crippen molar-refractivity contribution >= 4 is 24.2 Å². The van der Waals surface area contributed by atoms with Gasteiger partial charge in [-0.3, -0.25) is 0 Å². The zero-order valence-electron chi connectivity index (χ0n) is 18.5. The summed E-state index contributed by atoms with van der Waals surface area (Å²) in [6, 6.07) is 28.6. The van der Waals surface area contributed by atoms with E-state index in [-0.39, 0.29) is 18.4 Å². The van der Waals surface area contributed by atoms with Gasteiger partial charge in [0.05, 0.1) is 12.3 Å². The quantitative estimate of drug-likeness (QED) is 0.321. The van der Waals surface area contributed by atoms with Crippen LogP contribution in [0, 0.1) is 0 Å². The fourth-order valence-electron chi connectivity index (χ4n) is 3.85. The van der Waals surface area contributed by atoms with Crippen LogP contribution in [0.5, 0.6) is 5.75 Å². The van der Waals surface area contributed by atoms with Crippen LogP contribution in [0.25, 0.3) is 11.1 Å². The molecule has 0 aliphatic rings. The fraction of sp³-hybridized carbons (Fsp3) is 0.185. The molecule has 0 aliphatic heterocycles. The van der Waals surface area contributed by atoms with Crippen molar-refractivity contribution in [1.82, 2.24) is 9.97 Å². The van der Waals surface area contributed by atoms with Crippen LogP contribution in [0.2, 0.25) is 0 Å². The van der Waals surface area contributed by atoms with Crippen molar-refractivity contribution in [2.75, 3.05) is 18.1 Å². The topological polar surface area (TPSA) is 87.0 Å². The van der Waals surface area contributed by atoms with Gasteiger partial charge in [-0.1, -0.05) is 78.9 Å². The minimum atomic E-state index is 0. The Kier molecular flexibility index (Phi) is 8.67. The number of aromatic nitrogens is 2. The number of aryl methyl sites for hydroxylation is 3. The van der Waals surface area contributed by atoms with Crippen LogP contribution in [0.3, 0.4) is 0 Å². The summed E-state index contributed by atoms with van der Waals surface area (Å²) < 4.78 is 6.13. The zero-order chi connectivity index (χ0) is 22.2. The molecule has 0 amide bonds. The van der Waals surface area contributed by atoms with Crippen molar-refractivity contribution in [2.45, 2.75) is 25.7 Å². The Balaban J connectivity index is 0.00000306. The van der Waals surface area contributed by atoms with Gasteiger partial charge in [-0.05, 0) is 48.4 Å². The van der Waals surface area contributed by atoms with Gasteiger partial charge in [0.2, 0.25) is 5.95 Å². The molecule has 3 aromatic carbocycles. The third-order valence-corrected chi connectivity index (χ3v) is 5.41. The lowest BCUT2D eigenvalue weighted by Gasteiger charge is -2.14. The molecule has 0 atom stereocenters. The molecule has 0 saturated carbocycles. The number of halogens is 1. The zero-order valence-corrected chi connectivity index (χ0v) is 19.3. The number of rotatable bonds is 9. The fourth-order valence-corrected chi connectivity index (χ4v) is 3.85. The number of para-hydroxylation sites is 1. The number of ether oxygens (including phenoxy) is 1. The minimum Gasteiger partial charge on any atom is -0.493 e. The second-order valence-electron chi connectivity index (χ2n) is 7.70. The third-order valence-electron chi connectivity index (χ3n) is 5.41. The van der Waals surface area contributed by atoms with Gasteiger partial charge >= 0.3 is 0 Å². The molecular weight excluding hydrogens is 432 g/mol. The first kappa shape index (κ1) is 24.1. The first-order valence-corrected chi connectivity index (χ1v) is 10.9. The molecule has 6 heteroatoms. The van der Waals surface area contributed by atoms with E-state index >= 15 is 0 Å². The van der Waals surface area contributed by atoms with E-state index in [0.29, 0.717) is 18.8 Å². The number of hydrogen-bond acceptors (Lipinski definition) is 5. The largest absolute Gasteiger partial charge is 0.493 e. The molecule has 0 unspecified atom stereocenters. The van der Waals surface area contributed by atoms with E-state index in [1.165, 1.54) is 5.56 Å². The number of nitrogens with two attached hydrogens (primary N) is 2. The van der Waals surface area contributed by atoms with Gasteiger partial charge in [-0.2, -0.15) is 4.98 Å². The van der Waals surface area contributed by atoms with Crippen molar-refractivity contribution in [3.63, 3.8) is 0 Å². The van der Waals surface area contributed by atoms with Gasteiger partial charge in [-0.15, -0.1) is 12.4 Å². The van der Waals surface area contributed by atoms with Gasteiger partial charge in [0.1, 0.15) is 11.6 Å². The molecule has 4 rings (SSSR count). The first-order chi connectivity index (χ1) is 15.7. The molecule has 0 saturated heterocycles. The highest BCUT2D eigenvalue weighted by atomic mass is 35.5. The van der Waals surface area contributed by atoms with Gasteiger partial charge in [-0.25, -0.2) is 4.98 Å². The predicted molar refractivity (Wildman–Crippen MR) is 138 cm³/mol. The Morgan fingerprint density at radius 1 is 0.697 bits per heavy atom. The molecule has 4 aromatic rings. The van der Waals surface area contributed by atoms with Crippen LogP contribution in [-0.4, -0.2) is 16.6 Å². The first-order valence-electron chi connectivity index (χ1n) is 10.9. The van der Waals surface area contributed by atoms with Crippen molar-refractivity contribution in [2.24, 2.45) is 0 Å². The average molecular weight is 461 g/mol. The highest BCUT2D eigenvalue weighted by Gasteiger charge is 2.14. The number of nitrogens with zero attached hydrogens (tertiary/aromatic N) is 2. The summed E-state index contributed by atoms with van der Waals surface area (Å²) in [5.41, 5.74) is 17.3. The average Bonchev–Trinajstić information content (AvgIpc) is 2.82. The Bertz CT molecular complexity index is 1150. The Labute approximate surface area is 201 Å². The van der Waals surface area contributed by atoms with E-state index in [2.05, 4.69) is 40.3 Å². The molecule has 170 valence electrons. The van der Waals surface area contributed by atoms with E-state index in [1.807, 2.05) is 54.6 Å². The van der Waals surface area contributed by atoms with E-state index in [1.54, 1.807) is 0 Å². The maximum atomic E-state index is 6.23. The van der Waals surface area contributed by atoms with E-state index < -0.39 is 0 Å². The summed E-state index contributed by atoms with van der Waals surface area (Å²) in [4.78, 5) is 8.69. The molecule has 1 heterocycles. The van der Waals surface area contributed by atoms with Gasteiger partial charge in [0.15, 0.2) is 0 Å². The standard InChI is InChI=1S/C27H28N4O.ClH/c28-26-25(22-14-5-2-6-15-22)23(30-27(29)31-26)18-17-21-13-7-8-16-24(21)32-19-9-12-20-10-3-1-4-11-20;/h1-8,10-11,13-16H,9,12,17-19H2,(H4,28,29,30,31);1H. The summed E-state index contributed by atoms with van der Waals surface area (Å²) in [6.45, 7) is 0.675. The lowest BCUT2D eigenvalue weighted by molar-refractivity contribution is 0.308. The van der Waals surface area contributed by atoms with Gasteiger partial charge in [0.25, 0.3) is 0 Å². The summed E-state index contributed by atoms with van der Waals surface area (Å²) in [5.74, 6) is 1.52. The SMILES string of the molecule is Cl.Nc1nc(N)c(-c2ccccc2)c(CCc2ccccc2OCCCc2ccccc2)n1. The second kappa shape index (κ2) is 11.9. The Morgan fingerprint density at radius 3 is 2.12 bits per heavy atom. The van der Waals surface area contributed by atoms with Crippen LogP contribution in [0.15, 0.2) is 84.9 Å². The smallest absolute Gasteiger partial charge is 0.222 e. The lowest BCUT2D eigenvalue weighted by Crippen LogP contribution is -2.08. The number of hydrogen-bond donors (Lipinski definition) is 2. The number of anilines is 2. The van der Waals surface area contributed by atoms with Crippen molar-refractivity contribution in [1.29, 1.82) is 0 Å². The second-order valence-corrected chi connectivity index (χ2v) is 7.70. The number of nitrogen functional groups attached to an aromatic ring is 2. The number of benzene rings is 3. The highest BCUT2D eigenvalue weighted by Crippen LogP contribution is 2.30. The molecule has 5 nitrogen and oxygen atoms in total. The molecule has 0 radical (unpaired) electrons. The van der Waals surface area contributed by atoms with Crippen LogP contribution < -0.4 is 16.2 Å². The lowest BCUT2D eigenvalue weighted by atomic mass is 9.99. The molecule has 0 bridgehead atoms. The van der Waals surface area contributed by atoms with E-state index in [4.69, 9.17) is 16.2 Å². The van der Waals surface area contributed by atoms with E-state index in [9.17, 15) is 0 Å². The molecule has 0 fully saturated rings. The van der Waals surface area contributed by atoms with Crippen molar-refractivity contribution in [3.8, 4) is 16.9 Å². The van der Waals surface area contributed by atoms with Crippen molar-refractivity contribution < 1.29 is 4.74 Å². The molecule has 1 aromatic heterocycles. The van der Waals surface area contributed by atoms with Crippen LogP contribution in [-0.2, 0) is 19.3 Å². The van der Waals surface area contributed by atoms with Crippen LogP contribution >= 0.6 is 12.4 Å². The highest BCUT2D eigenvalue weighted by molar-refractivity contribution is 5.85. The van der Waals surface area contributed by atoms with Gasteiger partial charge in [0, 0.05) is 5.56 Å². The van der Waals surface area contributed by atoms with Crippen LogP contribution in [0.4, 0.5) is 11.8 Å². The van der Waals surface area contributed by atoms with E-state index in [0.717, 1.165) is 47.4 Å². The van der Waals surface area contributed by atoms with Crippen LogP contribution in [0.1, 0.15) is 23.2 Å². The maximum absolute atomic E-state index is 6.23. The van der Waals surface area contributed by atoms with Crippen molar-refractivity contribution in [3.05, 3.63) is 102 Å². The molecule has 0 spiro atoms. The molecule has 4 N–H and O–H groups in total. The predicted octanol–water partition coefficient (Wildman–Crippen LogP) is 5.53. The van der Waals surface area contributed by atoms with Gasteiger partial charge < -0.3 is 16.2 Å². The summed E-state index contributed by atoms with van der Waals surface area (Å²) in [5, 5.41) is 0. The Morgan fingerprint density at radius 2 is 1.36 bits per heavy atom. The third kappa shape index (κ3) is 6.46. The summed E-state index contributed by atoms with van der Waals surface area (Å²) >= 11 is 0. The molecule has 33 heavy (non-hydrogen) atoms. The Hall–Kier alpha value is -3.57. The molecule has 0 aliphatic carbocycles. The maximum Gasteiger partial charge on any atom is 0.222 e. The summed E-state index contributed by atoms with van der Waals surface area (Å²) in [6.07, 6.45) is 3.43. The monoisotopic (exact) mass is 460 g/mol. The summed E-state index contributed by atoms with van der Waals surface area (Å²) in [7, 11) is 0. The normalized spacial score (nSPS) is 10.4.